The van der Waals surface area contributed by atoms with Crippen molar-refractivity contribution in [2.24, 2.45) is 11.8 Å². The Balaban J connectivity index is 2.38. The Morgan fingerprint density at radius 3 is 2.64 bits per heavy atom. The molecule has 0 saturated carbocycles. The van der Waals surface area contributed by atoms with Crippen molar-refractivity contribution in [3.63, 3.8) is 0 Å². The van der Waals surface area contributed by atoms with Crippen molar-refractivity contribution in [2.45, 2.75) is 51.5 Å². The summed E-state index contributed by atoms with van der Waals surface area (Å²) in [5, 5.41) is 3.96. The first-order valence-electron chi connectivity index (χ1n) is 8.87. The molecule has 0 spiro atoms. The van der Waals surface area contributed by atoms with Crippen molar-refractivity contribution in [1.82, 2.24) is 14.8 Å². The minimum atomic E-state index is -1.20. The number of nitrogen functional groups attached to an aromatic ring is 1. The van der Waals surface area contributed by atoms with Crippen molar-refractivity contribution < 1.29 is 23.8 Å². The van der Waals surface area contributed by atoms with Crippen molar-refractivity contribution in [3.8, 4) is 0 Å². The monoisotopic (exact) mass is 416 g/mol. The first-order valence-corrected chi connectivity index (χ1v) is 9.40. The zero-order valence-corrected chi connectivity index (χ0v) is 17.0. The number of ether oxygens (including phenoxy) is 3. The fourth-order valence-electron chi connectivity index (χ4n) is 3.09. The second kappa shape index (κ2) is 8.87. The Morgan fingerprint density at radius 2 is 2.11 bits per heavy atom. The van der Waals surface area contributed by atoms with E-state index in [2.05, 4.69) is 10.1 Å². The standard InChI is InChI=1S/C17H25ClN4O6/c1-9(2)14(23)27-11-5-13(22-16(25)21-12(19)7-20-22)28-17(11,8-18)6-10(3)15(24)26-4/h7,9-11,13H,5-6,8H2,1-4H3,(H2,19,21,25)/t10?,11-,13?,17-/m0/s1. The average molecular weight is 417 g/mol. The third kappa shape index (κ3) is 4.61. The molecule has 1 aliphatic rings. The van der Waals surface area contributed by atoms with Gasteiger partial charge in [0.1, 0.15) is 17.5 Å². The molecule has 0 aromatic carbocycles. The summed E-state index contributed by atoms with van der Waals surface area (Å²) in [6.45, 7) is 5.06. The Kier molecular flexibility index (Phi) is 7.00. The number of methoxy groups -OCH3 is 1. The van der Waals surface area contributed by atoms with Gasteiger partial charge in [-0.05, 0) is 6.42 Å². The molecule has 1 fully saturated rings. The third-order valence-corrected chi connectivity index (χ3v) is 5.04. The smallest absolute Gasteiger partial charge is 0.368 e. The van der Waals surface area contributed by atoms with Crippen molar-refractivity contribution >= 4 is 29.4 Å². The molecule has 1 saturated heterocycles. The van der Waals surface area contributed by atoms with Gasteiger partial charge in [-0.3, -0.25) is 9.59 Å². The van der Waals surface area contributed by atoms with E-state index < -0.39 is 41.5 Å². The van der Waals surface area contributed by atoms with Gasteiger partial charge in [-0.15, -0.1) is 11.6 Å². The number of nitrogens with zero attached hydrogens (tertiary/aromatic N) is 3. The molecule has 2 rings (SSSR count). The van der Waals surface area contributed by atoms with E-state index in [0.29, 0.717) is 0 Å². The van der Waals surface area contributed by atoms with E-state index in [9.17, 15) is 14.4 Å². The van der Waals surface area contributed by atoms with Crippen LogP contribution in [0.25, 0.3) is 0 Å². The molecule has 1 aliphatic heterocycles. The number of carbonyl (C=O) groups is 2. The van der Waals surface area contributed by atoms with Gasteiger partial charge < -0.3 is 19.9 Å². The van der Waals surface area contributed by atoms with Gasteiger partial charge in [-0.1, -0.05) is 20.8 Å². The lowest BCUT2D eigenvalue weighted by atomic mass is 9.88. The number of hydrogen-bond acceptors (Lipinski definition) is 9. The summed E-state index contributed by atoms with van der Waals surface area (Å²) in [6.07, 6.45) is -0.195. The highest BCUT2D eigenvalue weighted by Gasteiger charge is 2.53. The fourth-order valence-corrected chi connectivity index (χ4v) is 3.43. The van der Waals surface area contributed by atoms with E-state index in [4.69, 9.17) is 31.5 Å². The number of esters is 2. The van der Waals surface area contributed by atoms with E-state index in [1.54, 1.807) is 20.8 Å². The molecular formula is C17H25ClN4O6. The molecular weight excluding hydrogens is 392 g/mol. The van der Waals surface area contributed by atoms with Crippen molar-refractivity contribution in [1.29, 1.82) is 0 Å². The van der Waals surface area contributed by atoms with Crippen molar-refractivity contribution in [2.75, 3.05) is 18.7 Å². The van der Waals surface area contributed by atoms with Crippen LogP contribution in [0.4, 0.5) is 5.82 Å². The zero-order valence-electron chi connectivity index (χ0n) is 16.3. The van der Waals surface area contributed by atoms with Crippen LogP contribution in [-0.4, -0.2) is 51.4 Å². The molecule has 10 nitrogen and oxygen atoms in total. The molecule has 11 heteroatoms. The van der Waals surface area contributed by atoms with Crippen LogP contribution in [0.2, 0.25) is 0 Å². The second-order valence-electron chi connectivity index (χ2n) is 7.12. The van der Waals surface area contributed by atoms with E-state index in [-0.39, 0.29) is 30.5 Å². The molecule has 28 heavy (non-hydrogen) atoms. The highest BCUT2D eigenvalue weighted by Crippen LogP contribution is 2.43. The van der Waals surface area contributed by atoms with Gasteiger partial charge in [-0.2, -0.15) is 14.8 Å². The molecule has 4 atom stereocenters. The summed E-state index contributed by atoms with van der Waals surface area (Å²) in [7, 11) is 1.28. The predicted octanol–water partition coefficient (Wildman–Crippen LogP) is 0.884. The van der Waals surface area contributed by atoms with Crippen LogP contribution in [0.3, 0.4) is 0 Å². The Morgan fingerprint density at radius 1 is 1.43 bits per heavy atom. The fraction of sp³-hybridized carbons (Fsp3) is 0.706. The van der Waals surface area contributed by atoms with E-state index in [0.717, 1.165) is 4.68 Å². The normalized spacial score (nSPS) is 25.5. The maximum atomic E-state index is 12.2. The summed E-state index contributed by atoms with van der Waals surface area (Å²) in [6, 6.07) is 0. The molecule has 0 radical (unpaired) electrons. The number of aromatic nitrogens is 3. The molecule has 0 bridgehead atoms. The number of halogens is 1. The van der Waals surface area contributed by atoms with Crippen LogP contribution in [-0.2, 0) is 23.8 Å². The minimum Gasteiger partial charge on any atom is -0.469 e. The van der Waals surface area contributed by atoms with Gasteiger partial charge in [0.05, 0.1) is 31.0 Å². The van der Waals surface area contributed by atoms with Crippen LogP contribution in [0, 0.1) is 11.8 Å². The summed E-state index contributed by atoms with van der Waals surface area (Å²) < 4.78 is 17.5. The topological polar surface area (TPSA) is 136 Å². The van der Waals surface area contributed by atoms with Crippen LogP contribution in [0.1, 0.15) is 39.8 Å². The lowest BCUT2D eigenvalue weighted by molar-refractivity contribution is -0.167. The highest BCUT2D eigenvalue weighted by atomic mass is 35.5. The molecule has 0 aliphatic carbocycles. The number of anilines is 1. The molecule has 156 valence electrons. The Bertz CT molecular complexity index is 785. The molecule has 2 unspecified atom stereocenters. The van der Waals surface area contributed by atoms with Crippen LogP contribution >= 0.6 is 11.6 Å². The summed E-state index contributed by atoms with van der Waals surface area (Å²) >= 11 is 6.22. The number of nitrogens with two attached hydrogens (primary N) is 1. The maximum Gasteiger partial charge on any atom is 0.368 e. The largest absolute Gasteiger partial charge is 0.469 e. The molecule has 1 aromatic heterocycles. The van der Waals surface area contributed by atoms with Gasteiger partial charge in [0.25, 0.3) is 0 Å². The lowest BCUT2D eigenvalue weighted by Gasteiger charge is -2.34. The zero-order chi connectivity index (χ0) is 21.1. The highest BCUT2D eigenvalue weighted by molar-refractivity contribution is 6.18. The summed E-state index contributed by atoms with van der Waals surface area (Å²) in [4.78, 5) is 39.9. The molecule has 2 N–H and O–H groups in total. The number of alkyl halides is 1. The Hall–Kier alpha value is -2.20. The number of carbonyl (C=O) groups excluding carboxylic acids is 2. The van der Waals surface area contributed by atoms with Gasteiger partial charge in [0, 0.05) is 6.42 Å². The first kappa shape index (κ1) is 22.1. The SMILES string of the molecule is COC(=O)C(C)C[C@@]1(CCl)OC(n2ncc(N)nc2=O)C[C@@H]1OC(=O)C(C)C. The number of hydrogen-bond donors (Lipinski definition) is 1. The lowest BCUT2D eigenvalue weighted by Crippen LogP contribution is -2.46. The van der Waals surface area contributed by atoms with Gasteiger partial charge in [-0.25, -0.2) is 4.79 Å². The maximum absolute atomic E-state index is 12.2. The van der Waals surface area contributed by atoms with Gasteiger partial charge >= 0.3 is 17.6 Å². The van der Waals surface area contributed by atoms with Crippen molar-refractivity contribution in [3.05, 3.63) is 16.7 Å². The molecule has 2 heterocycles. The van der Waals surface area contributed by atoms with Crippen LogP contribution in [0.15, 0.2) is 11.0 Å². The number of rotatable bonds is 7. The third-order valence-electron chi connectivity index (χ3n) is 4.59. The first-order chi connectivity index (χ1) is 13.1. The van der Waals surface area contributed by atoms with E-state index >= 15 is 0 Å². The van der Waals surface area contributed by atoms with E-state index in [1.807, 2.05) is 0 Å². The predicted molar refractivity (Wildman–Crippen MR) is 99.4 cm³/mol. The second-order valence-corrected chi connectivity index (χ2v) is 7.39. The molecule has 0 amide bonds. The van der Waals surface area contributed by atoms with Gasteiger partial charge in [0.15, 0.2) is 6.23 Å². The quantitative estimate of drug-likeness (QED) is 0.507. The Labute approximate surface area is 167 Å². The van der Waals surface area contributed by atoms with E-state index in [1.165, 1.54) is 13.3 Å². The molecule has 1 aromatic rings. The van der Waals surface area contributed by atoms with Gasteiger partial charge in [0.2, 0.25) is 0 Å². The average Bonchev–Trinajstić information content (AvgIpc) is 2.98. The van der Waals surface area contributed by atoms with Crippen LogP contribution in [0.5, 0.6) is 0 Å². The van der Waals surface area contributed by atoms with Crippen LogP contribution < -0.4 is 11.4 Å². The minimum absolute atomic E-state index is 0.0232. The summed E-state index contributed by atoms with van der Waals surface area (Å²) in [5.74, 6) is -1.93. The summed E-state index contributed by atoms with van der Waals surface area (Å²) in [5.41, 5.74) is 3.57.